The average Bonchev–Trinajstić information content (AvgIpc) is 2.73. The topological polar surface area (TPSA) is 97.7 Å². The lowest BCUT2D eigenvalue weighted by Gasteiger charge is -2.13. The van der Waals surface area contributed by atoms with Crippen molar-refractivity contribution in [2.45, 2.75) is 20.8 Å². The second-order valence-corrected chi connectivity index (χ2v) is 7.42. The van der Waals surface area contributed by atoms with Crippen molar-refractivity contribution < 1.29 is 23.8 Å². The quantitative estimate of drug-likeness (QED) is 0.333. The van der Waals surface area contributed by atoms with Crippen molar-refractivity contribution in [2.24, 2.45) is 0 Å². The van der Waals surface area contributed by atoms with Crippen LogP contribution in [-0.2, 0) is 14.3 Å². The molecule has 2 aromatic carbocycles. The number of nitriles is 1. The van der Waals surface area contributed by atoms with E-state index in [1.54, 1.807) is 19.1 Å². The SMILES string of the molecule is CCOC(=O)COc1c(Br)cc(/C=C(\C#N)C(=O)Nc2cc(C)ccc2C)cc1OC. The van der Waals surface area contributed by atoms with Crippen molar-refractivity contribution in [1.82, 2.24) is 0 Å². The van der Waals surface area contributed by atoms with Crippen LogP contribution in [0, 0.1) is 25.2 Å². The van der Waals surface area contributed by atoms with Crippen LogP contribution in [-0.4, -0.2) is 32.2 Å². The Labute approximate surface area is 189 Å². The van der Waals surface area contributed by atoms with Crippen molar-refractivity contribution in [3.63, 3.8) is 0 Å². The third kappa shape index (κ3) is 6.59. The molecule has 0 saturated carbocycles. The number of carbonyl (C=O) groups is 2. The fourth-order valence-corrected chi connectivity index (χ4v) is 3.25. The Balaban J connectivity index is 2.28. The number of anilines is 1. The fraction of sp³-hybridized carbons (Fsp3) is 0.261. The van der Waals surface area contributed by atoms with Crippen LogP contribution in [0.3, 0.4) is 0 Å². The van der Waals surface area contributed by atoms with E-state index in [0.29, 0.717) is 27.2 Å². The molecule has 7 nitrogen and oxygen atoms in total. The molecule has 1 N–H and O–H groups in total. The van der Waals surface area contributed by atoms with E-state index in [0.717, 1.165) is 11.1 Å². The molecule has 0 bridgehead atoms. The summed E-state index contributed by atoms with van der Waals surface area (Å²) >= 11 is 3.38. The number of nitrogens with zero attached hydrogens (tertiary/aromatic N) is 1. The number of ether oxygens (including phenoxy) is 3. The Hall–Kier alpha value is -3.31. The number of esters is 1. The molecule has 0 aliphatic carbocycles. The Bertz CT molecular complexity index is 1060. The molecule has 1 amide bonds. The van der Waals surface area contributed by atoms with Gasteiger partial charge in [0.1, 0.15) is 11.6 Å². The molecule has 0 fully saturated rings. The van der Waals surface area contributed by atoms with Crippen molar-refractivity contribution in [3.05, 3.63) is 57.1 Å². The Morgan fingerprint density at radius 2 is 1.97 bits per heavy atom. The van der Waals surface area contributed by atoms with Gasteiger partial charge in [0.15, 0.2) is 18.1 Å². The molecule has 0 saturated heterocycles. The number of amides is 1. The van der Waals surface area contributed by atoms with E-state index in [1.807, 2.05) is 38.1 Å². The van der Waals surface area contributed by atoms with Gasteiger partial charge in [0.05, 0.1) is 18.2 Å². The highest BCUT2D eigenvalue weighted by atomic mass is 79.9. The fourth-order valence-electron chi connectivity index (χ4n) is 2.67. The lowest BCUT2D eigenvalue weighted by atomic mass is 10.1. The van der Waals surface area contributed by atoms with Crippen LogP contribution in [0.1, 0.15) is 23.6 Å². The van der Waals surface area contributed by atoms with E-state index in [-0.39, 0.29) is 18.8 Å². The summed E-state index contributed by atoms with van der Waals surface area (Å²) in [5, 5.41) is 12.3. The summed E-state index contributed by atoms with van der Waals surface area (Å²) < 4.78 is 16.2. The third-order valence-corrected chi connectivity index (χ3v) is 4.80. The molecule has 162 valence electrons. The van der Waals surface area contributed by atoms with Crippen LogP contribution in [0.5, 0.6) is 11.5 Å². The first-order valence-corrected chi connectivity index (χ1v) is 10.2. The molecule has 0 unspecified atom stereocenters. The van der Waals surface area contributed by atoms with E-state index in [2.05, 4.69) is 21.2 Å². The van der Waals surface area contributed by atoms with Crippen LogP contribution in [0.15, 0.2) is 40.4 Å². The summed E-state index contributed by atoms with van der Waals surface area (Å²) in [6.45, 7) is 5.48. The zero-order chi connectivity index (χ0) is 23.0. The van der Waals surface area contributed by atoms with Crippen molar-refractivity contribution in [1.29, 1.82) is 5.26 Å². The summed E-state index contributed by atoms with van der Waals surface area (Å²) in [6, 6.07) is 10.9. The standard InChI is InChI=1S/C23H23BrN2O5/c1-5-30-21(27)13-31-22-18(24)10-16(11-20(22)29-4)9-17(12-25)23(28)26-19-8-14(2)6-7-15(19)3/h6-11H,5,13H2,1-4H3,(H,26,28)/b17-9+. The molecular weight excluding hydrogens is 464 g/mol. The first-order valence-electron chi connectivity index (χ1n) is 9.45. The van der Waals surface area contributed by atoms with Gasteiger partial charge in [-0.15, -0.1) is 0 Å². The van der Waals surface area contributed by atoms with Crippen molar-refractivity contribution in [2.75, 3.05) is 25.6 Å². The van der Waals surface area contributed by atoms with Crippen LogP contribution in [0.25, 0.3) is 6.08 Å². The van der Waals surface area contributed by atoms with Gasteiger partial charge in [-0.05, 0) is 77.7 Å². The molecule has 2 rings (SSSR count). The number of halogens is 1. The molecule has 0 aliphatic heterocycles. The number of nitrogens with one attached hydrogen (secondary N) is 1. The van der Waals surface area contributed by atoms with E-state index in [4.69, 9.17) is 14.2 Å². The van der Waals surface area contributed by atoms with Gasteiger partial charge in [0, 0.05) is 5.69 Å². The number of hydrogen-bond acceptors (Lipinski definition) is 6. The van der Waals surface area contributed by atoms with E-state index < -0.39 is 11.9 Å². The number of aryl methyl sites for hydroxylation is 2. The molecule has 0 aliphatic rings. The van der Waals surface area contributed by atoms with Crippen molar-refractivity contribution in [3.8, 4) is 17.6 Å². The predicted octanol–water partition coefficient (Wildman–Crippen LogP) is 4.56. The lowest BCUT2D eigenvalue weighted by Crippen LogP contribution is -2.15. The van der Waals surface area contributed by atoms with E-state index in [9.17, 15) is 14.9 Å². The maximum absolute atomic E-state index is 12.6. The molecule has 0 atom stereocenters. The monoisotopic (exact) mass is 486 g/mol. The zero-order valence-electron chi connectivity index (χ0n) is 17.7. The van der Waals surface area contributed by atoms with E-state index in [1.165, 1.54) is 13.2 Å². The molecule has 0 aromatic heterocycles. The normalized spacial score (nSPS) is 10.8. The molecule has 0 radical (unpaired) electrons. The lowest BCUT2D eigenvalue weighted by molar-refractivity contribution is -0.145. The summed E-state index contributed by atoms with van der Waals surface area (Å²) in [5.74, 6) is -0.382. The highest BCUT2D eigenvalue weighted by Gasteiger charge is 2.16. The summed E-state index contributed by atoms with van der Waals surface area (Å²) in [7, 11) is 1.45. The first-order chi connectivity index (χ1) is 14.8. The van der Waals surface area contributed by atoms with Gasteiger partial charge in [-0.25, -0.2) is 4.79 Å². The van der Waals surface area contributed by atoms with Crippen LogP contribution >= 0.6 is 15.9 Å². The maximum Gasteiger partial charge on any atom is 0.344 e. The third-order valence-electron chi connectivity index (χ3n) is 4.21. The number of hydrogen-bond donors (Lipinski definition) is 1. The minimum absolute atomic E-state index is 0.0740. The first kappa shape index (κ1) is 24.0. The highest BCUT2D eigenvalue weighted by molar-refractivity contribution is 9.10. The average molecular weight is 487 g/mol. The summed E-state index contributed by atoms with van der Waals surface area (Å²) in [4.78, 5) is 24.2. The Morgan fingerprint density at radius 1 is 1.23 bits per heavy atom. The molecule has 31 heavy (non-hydrogen) atoms. The molecule has 0 spiro atoms. The van der Waals surface area contributed by atoms with Gasteiger partial charge >= 0.3 is 5.97 Å². The molecule has 0 heterocycles. The van der Waals surface area contributed by atoms with Gasteiger partial charge in [0.25, 0.3) is 5.91 Å². The summed E-state index contributed by atoms with van der Waals surface area (Å²) in [6.07, 6.45) is 1.45. The molecule has 2 aromatic rings. The Morgan fingerprint density at radius 3 is 2.61 bits per heavy atom. The zero-order valence-corrected chi connectivity index (χ0v) is 19.3. The number of methoxy groups -OCH3 is 1. The van der Waals surface area contributed by atoms with Gasteiger partial charge in [-0.2, -0.15) is 5.26 Å². The van der Waals surface area contributed by atoms with E-state index >= 15 is 0 Å². The summed E-state index contributed by atoms with van der Waals surface area (Å²) in [5.41, 5.74) is 3.00. The largest absolute Gasteiger partial charge is 0.493 e. The minimum atomic E-state index is -0.520. The van der Waals surface area contributed by atoms with Gasteiger partial charge < -0.3 is 19.5 Å². The highest BCUT2D eigenvalue weighted by Crippen LogP contribution is 2.37. The maximum atomic E-state index is 12.6. The van der Waals surface area contributed by atoms with Crippen molar-refractivity contribution >= 4 is 39.6 Å². The van der Waals surface area contributed by atoms with Gasteiger partial charge in [-0.1, -0.05) is 12.1 Å². The predicted molar refractivity (Wildman–Crippen MR) is 121 cm³/mol. The minimum Gasteiger partial charge on any atom is -0.493 e. The van der Waals surface area contributed by atoms with Crippen LogP contribution in [0.4, 0.5) is 5.69 Å². The number of rotatable bonds is 8. The number of carbonyl (C=O) groups excluding carboxylic acids is 2. The molecule has 8 heteroatoms. The van der Waals surface area contributed by atoms with Gasteiger partial charge in [-0.3, -0.25) is 4.79 Å². The smallest absolute Gasteiger partial charge is 0.344 e. The van der Waals surface area contributed by atoms with Crippen LogP contribution in [0.2, 0.25) is 0 Å². The van der Waals surface area contributed by atoms with Gasteiger partial charge in [0.2, 0.25) is 0 Å². The second-order valence-electron chi connectivity index (χ2n) is 6.57. The second kappa shape index (κ2) is 11.2. The van der Waals surface area contributed by atoms with Crippen LogP contribution < -0.4 is 14.8 Å². The molecular formula is C23H23BrN2O5. The Kier molecular flexibility index (Phi) is 8.64. The number of benzene rings is 2.